The van der Waals surface area contributed by atoms with E-state index in [0.717, 1.165) is 5.56 Å². The smallest absolute Gasteiger partial charge is 0.234 e. The van der Waals surface area contributed by atoms with Crippen LogP contribution in [0.1, 0.15) is 19.4 Å². The Balaban J connectivity index is 2.48. The quantitative estimate of drug-likeness (QED) is 0.547. The summed E-state index contributed by atoms with van der Waals surface area (Å²) >= 11 is 0. The van der Waals surface area contributed by atoms with Crippen molar-refractivity contribution >= 4 is 5.91 Å². The second-order valence-corrected chi connectivity index (χ2v) is 4.33. The van der Waals surface area contributed by atoms with Crippen LogP contribution in [0.3, 0.4) is 0 Å². The molecule has 0 atom stereocenters. The SMILES string of the molecule is C=CCNCC(=O)NCc1cccnc1OC(C)C. The summed E-state index contributed by atoms with van der Waals surface area (Å²) in [6.45, 7) is 8.74. The first-order valence-electron chi connectivity index (χ1n) is 6.32. The fourth-order valence-electron chi connectivity index (χ4n) is 1.43. The molecular formula is C14H21N3O2. The first kappa shape index (κ1) is 15.2. The molecule has 0 aliphatic carbocycles. The van der Waals surface area contributed by atoms with Gasteiger partial charge in [0, 0.05) is 24.8 Å². The van der Waals surface area contributed by atoms with E-state index in [4.69, 9.17) is 4.74 Å². The lowest BCUT2D eigenvalue weighted by Gasteiger charge is -2.13. The van der Waals surface area contributed by atoms with E-state index in [2.05, 4.69) is 22.2 Å². The molecule has 0 aliphatic heterocycles. The van der Waals surface area contributed by atoms with Crippen LogP contribution in [-0.2, 0) is 11.3 Å². The average Bonchev–Trinajstić information content (AvgIpc) is 2.37. The Morgan fingerprint density at radius 3 is 3.05 bits per heavy atom. The van der Waals surface area contributed by atoms with Crippen LogP contribution in [0.4, 0.5) is 0 Å². The molecule has 2 N–H and O–H groups in total. The third-order valence-corrected chi connectivity index (χ3v) is 2.25. The van der Waals surface area contributed by atoms with Gasteiger partial charge in [-0.15, -0.1) is 6.58 Å². The van der Waals surface area contributed by atoms with Crippen LogP contribution >= 0.6 is 0 Å². The number of nitrogens with one attached hydrogen (secondary N) is 2. The van der Waals surface area contributed by atoms with E-state index in [0.29, 0.717) is 19.0 Å². The molecule has 1 heterocycles. The van der Waals surface area contributed by atoms with Crippen molar-refractivity contribution in [3.8, 4) is 5.88 Å². The molecular weight excluding hydrogens is 242 g/mol. The molecule has 1 aromatic heterocycles. The minimum absolute atomic E-state index is 0.0543. The summed E-state index contributed by atoms with van der Waals surface area (Å²) in [7, 11) is 0. The number of rotatable bonds is 8. The molecule has 0 saturated heterocycles. The number of hydrogen-bond acceptors (Lipinski definition) is 4. The normalized spacial score (nSPS) is 10.3. The van der Waals surface area contributed by atoms with Crippen molar-refractivity contribution < 1.29 is 9.53 Å². The van der Waals surface area contributed by atoms with E-state index in [9.17, 15) is 4.79 Å². The van der Waals surface area contributed by atoms with E-state index in [1.807, 2.05) is 26.0 Å². The van der Waals surface area contributed by atoms with Crippen molar-refractivity contribution in [2.75, 3.05) is 13.1 Å². The fourth-order valence-corrected chi connectivity index (χ4v) is 1.43. The van der Waals surface area contributed by atoms with Gasteiger partial charge in [-0.1, -0.05) is 12.1 Å². The Hall–Kier alpha value is -1.88. The number of carbonyl (C=O) groups is 1. The van der Waals surface area contributed by atoms with Crippen molar-refractivity contribution in [1.82, 2.24) is 15.6 Å². The molecule has 1 amide bonds. The number of aromatic nitrogens is 1. The largest absolute Gasteiger partial charge is 0.475 e. The fraction of sp³-hybridized carbons (Fsp3) is 0.429. The van der Waals surface area contributed by atoms with E-state index in [1.165, 1.54) is 0 Å². The third kappa shape index (κ3) is 6.01. The summed E-state index contributed by atoms with van der Waals surface area (Å²) in [5, 5.41) is 5.76. The maximum atomic E-state index is 11.6. The second-order valence-electron chi connectivity index (χ2n) is 4.33. The molecule has 0 radical (unpaired) electrons. The molecule has 0 unspecified atom stereocenters. The summed E-state index contributed by atoms with van der Waals surface area (Å²) in [6, 6.07) is 3.72. The van der Waals surface area contributed by atoms with Crippen molar-refractivity contribution in [3.05, 3.63) is 36.5 Å². The van der Waals surface area contributed by atoms with Crippen LogP contribution in [0.15, 0.2) is 31.0 Å². The van der Waals surface area contributed by atoms with Crippen LogP contribution in [0, 0.1) is 0 Å². The lowest BCUT2D eigenvalue weighted by atomic mass is 10.2. The van der Waals surface area contributed by atoms with Gasteiger partial charge in [-0.3, -0.25) is 4.79 Å². The number of nitrogens with zero attached hydrogens (tertiary/aromatic N) is 1. The summed E-state index contributed by atoms with van der Waals surface area (Å²) in [4.78, 5) is 15.7. The van der Waals surface area contributed by atoms with E-state index in [1.54, 1.807) is 12.3 Å². The maximum Gasteiger partial charge on any atom is 0.234 e. The molecule has 0 aliphatic rings. The molecule has 5 heteroatoms. The van der Waals surface area contributed by atoms with Gasteiger partial charge in [-0.2, -0.15) is 0 Å². The zero-order valence-corrected chi connectivity index (χ0v) is 11.5. The molecule has 0 bridgehead atoms. The molecule has 104 valence electrons. The summed E-state index contributed by atoms with van der Waals surface area (Å²) < 4.78 is 5.58. The minimum Gasteiger partial charge on any atom is -0.475 e. The van der Waals surface area contributed by atoms with Gasteiger partial charge in [-0.25, -0.2) is 4.98 Å². The molecule has 19 heavy (non-hydrogen) atoms. The van der Waals surface area contributed by atoms with Gasteiger partial charge in [0.2, 0.25) is 11.8 Å². The lowest BCUT2D eigenvalue weighted by molar-refractivity contribution is -0.120. The van der Waals surface area contributed by atoms with Gasteiger partial charge < -0.3 is 15.4 Å². The van der Waals surface area contributed by atoms with Crippen molar-refractivity contribution in [2.24, 2.45) is 0 Å². The topological polar surface area (TPSA) is 63.2 Å². The zero-order chi connectivity index (χ0) is 14.1. The predicted octanol–water partition coefficient (Wildman–Crippen LogP) is 1.26. The molecule has 5 nitrogen and oxygen atoms in total. The minimum atomic E-state index is -0.0683. The number of pyridine rings is 1. The van der Waals surface area contributed by atoms with E-state index < -0.39 is 0 Å². The summed E-state index contributed by atoms with van der Waals surface area (Å²) in [6.07, 6.45) is 3.44. The standard InChI is InChI=1S/C14H21N3O2/c1-4-7-15-10-13(18)17-9-12-6-5-8-16-14(12)19-11(2)3/h4-6,8,11,15H,1,7,9-10H2,2-3H3,(H,17,18). The van der Waals surface area contributed by atoms with Crippen molar-refractivity contribution in [1.29, 1.82) is 0 Å². The van der Waals surface area contributed by atoms with Gasteiger partial charge in [-0.05, 0) is 19.9 Å². The van der Waals surface area contributed by atoms with Crippen LogP contribution in [-0.4, -0.2) is 30.1 Å². The molecule has 0 aromatic carbocycles. The highest BCUT2D eigenvalue weighted by atomic mass is 16.5. The highest BCUT2D eigenvalue weighted by Crippen LogP contribution is 2.15. The van der Waals surface area contributed by atoms with Crippen LogP contribution < -0.4 is 15.4 Å². The summed E-state index contributed by atoms with van der Waals surface area (Å²) in [5.74, 6) is 0.498. The highest BCUT2D eigenvalue weighted by molar-refractivity contribution is 5.78. The van der Waals surface area contributed by atoms with Crippen LogP contribution in [0.25, 0.3) is 0 Å². The van der Waals surface area contributed by atoms with Gasteiger partial charge in [0.1, 0.15) is 0 Å². The van der Waals surface area contributed by atoms with Crippen molar-refractivity contribution in [2.45, 2.75) is 26.5 Å². The predicted molar refractivity (Wildman–Crippen MR) is 74.9 cm³/mol. The highest BCUT2D eigenvalue weighted by Gasteiger charge is 2.08. The molecule has 0 saturated carbocycles. The monoisotopic (exact) mass is 263 g/mol. The average molecular weight is 263 g/mol. The first-order valence-corrected chi connectivity index (χ1v) is 6.32. The summed E-state index contributed by atoms with van der Waals surface area (Å²) in [5.41, 5.74) is 0.869. The Morgan fingerprint density at radius 1 is 1.58 bits per heavy atom. The Bertz CT molecular complexity index is 419. The first-order chi connectivity index (χ1) is 9.13. The van der Waals surface area contributed by atoms with Gasteiger partial charge >= 0.3 is 0 Å². The van der Waals surface area contributed by atoms with Gasteiger partial charge in [0.25, 0.3) is 0 Å². The number of hydrogen-bond donors (Lipinski definition) is 2. The van der Waals surface area contributed by atoms with Crippen molar-refractivity contribution in [3.63, 3.8) is 0 Å². The number of carbonyl (C=O) groups excluding carboxylic acids is 1. The third-order valence-electron chi connectivity index (χ3n) is 2.25. The Kier molecular flexibility index (Phi) is 6.60. The zero-order valence-electron chi connectivity index (χ0n) is 11.5. The maximum absolute atomic E-state index is 11.6. The molecule has 1 rings (SSSR count). The Morgan fingerprint density at radius 2 is 2.37 bits per heavy atom. The number of ether oxygens (including phenoxy) is 1. The second kappa shape index (κ2) is 8.26. The lowest BCUT2D eigenvalue weighted by Crippen LogP contribution is -2.33. The number of amides is 1. The van der Waals surface area contributed by atoms with Crippen LogP contribution in [0.2, 0.25) is 0 Å². The van der Waals surface area contributed by atoms with E-state index in [-0.39, 0.29) is 18.6 Å². The molecule has 0 spiro atoms. The molecule has 1 aromatic rings. The van der Waals surface area contributed by atoms with Crippen LogP contribution in [0.5, 0.6) is 5.88 Å². The van der Waals surface area contributed by atoms with E-state index >= 15 is 0 Å². The van der Waals surface area contributed by atoms with Gasteiger partial charge in [0.15, 0.2) is 0 Å². The van der Waals surface area contributed by atoms with Gasteiger partial charge in [0.05, 0.1) is 12.6 Å². The Labute approximate surface area is 114 Å². The molecule has 0 fully saturated rings.